The Hall–Kier alpha value is -3.26. The standard InChI is InChI=1S/C24H29N3O4S/c1-6-21(19-9-7-8-10-20(19)27(5)16-28)32-18-13-11-17(12-14-18)26-22(29)15-25-23(30)31-24(2,3)4/h6-14,16H,15H2,1-5H3,(H,25,30)(H,26,29)/b21-6+. The van der Waals surface area contributed by atoms with Gasteiger partial charge in [0.2, 0.25) is 12.3 Å². The third-order valence-electron chi connectivity index (χ3n) is 4.13. The molecule has 0 fully saturated rings. The Balaban J connectivity index is 1.98. The lowest BCUT2D eigenvalue weighted by molar-refractivity contribution is -0.115. The molecule has 0 unspecified atom stereocenters. The summed E-state index contributed by atoms with van der Waals surface area (Å²) in [6.07, 6.45) is 2.14. The summed E-state index contributed by atoms with van der Waals surface area (Å²) in [7, 11) is 1.72. The zero-order valence-corrected chi connectivity index (χ0v) is 19.8. The van der Waals surface area contributed by atoms with Crippen LogP contribution in [0.5, 0.6) is 0 Å². The number of hydrogen-bond acceptors (Lipinski definition) is 5. The molecule has 0 aliphatic heterocycles. The maximum Gasteiger partial charge on any atom is 0.408 e. The van der Waals surface area contributed by atoms with Crippen LogP contribution in [0.15, 0.2) is 59.5 Å². The Bertz CT molecular complexity index is 981. The van der Waals surface area contributed by atoms with Gasteiger partial charge in [0.25, 0.3) is 0 Å². The fourth-order valence-electron chi connectivity index (χ4n) is 2.72. The van der Waals surface area contributed by atoms with Crippen molar-refractivity contribution < 1.29 is 19.1 Å². The number of rotatable bonds is 8. The molecule has 0 saturated carbocycles. The lowest BCUT2D eigenvalue weighted by atomic mass is 10.1. The molecule has 32 heavy (non-hydrogen) atoms. The molecule has 0 aliphatic carbocycles. The van der Waals surface area contributed by atoms with E-state index in [-0.39, 0.29) is 12.5 Å². The van der Waals surface area contributed by atoms with Crippen molar-refractivity contribution in [2.45, 2.75) is 38.2 Å². The summed E-state index contributed by atoms with van der Waals surface area (Å²) in [6.45, 7) is 7.03. The van der Waals surface area contributed by atoms with Crippen molar-refractivity contribution in [2.75, 3.05) is 23.8 Å². The van der Waals surface area contributed by atoms with Gasteiger partial charge in [-0.05, 0) is 58.0 Å². The summed E-state index contributed by atoms with van der Waals surface area (Å²) in [5.74, 6) is -0.351. The zero-order chi connectivity index (χ0) is 23.7. The summed E-state index contributed by atoms with van der Waals surface area (Å²) in [6, 6.07) is 15.1. The Morgan fingerprint density at radius 1 is 1.09 bits per heavy atom. The third-order valence-corrected chi connectivity index (χ3v) is 5.31. The molecule has 0 aromatic heterocycles. The van der Waals surface area contributed by atoms with Crippen LogP contribution in [-0.4, -0.2) is 37.6 Å². The predicted molar refractivity (Wildman–Crippen MR) is 130 cm³/mol. The van der Waals surface area contributed by atoms with E-state index in [1.165, 1.54) is 0 Å². The summed E-state index contributed by atoms with van der Waals surface area (Å²) in [5, 5.41) is 5.17. The van der Waals surface area contributed by atoms with Crippen molar-refractivity contribution in [3.63, 3.8) is 0 Å². The molecular weight excluding hydrogens is 426 g/mol. The molecule has 7 nitrogen and oxygen atoms in total. The molecule has 0 radical (unpaired) electrons. The van der Waals surface area contributed by atoms with Gasteiger partial charge in [-0.15, -0.1) is 0 Å². The highest BCUT2D eigenvalue weighted by atomic mass is 32.2. The van der Waals surface area contributed by atoms with Crippen LogP contribution >= 0.6 is 11.8 Å². The van der Waals surface area contributed by atoms with E-state index in [0.717, 1.165) is 27.5 Å². The molecule has 2 aromatic rings. The van der Waals surface area contributed by atoms with Gasteiger partial charge in [-0.3, -0.25) is 9.59 Å². The van der Waals surface area contributed by atoms with Crippen LogP contribution in [0.25, 0.3) is 4.91 Å². The number of ether oxygens (including phenoxy) is 1. The highest BCUT2D eigenvalue weighted by Gasteiger charge is 2.16. The average Bonchev–Trinajstić information content (AvgIpc) is 2.75. The fourth-order valence-corrected chi connectivity index (χ4v) is 3.65. The van der Waals surface area contributed by atoms with E-state index in [2.05, 4.69) is 10.6 Å². The lowest BCUT2D eigenvalue weighted by Gasteiger charge is -2.19. The first-order valence-corrected chi connectivity index (χ1v) is 10.9. The third kappa shape index (κ3) is 7.77. The summed E-state index contributed by atoms with van der Waals surface area (Å²) >= 11 is 1.56. The van der Waals surface area contributed by atoms with Crippen LogP contribution in [0, 0.1) is 0 Å². The second-order valence-corrected chi connectivity index (χ2v) is 9.03. The number of hydrogen-bond donors (Lipinski definition) is 2. The minimum absolute atomic E-state index is 0.185. The van der Waals surface area contributed by atoms with E-state index >= 15 is 0 Å². The maximum atomic E-state index is 12.1. The summed E-state index contributed by atoms with van der Waals surface area (Å²) in [5.41, 5.74) is 1.78. The molecule has 0 aliphatic rings. The first kappa shape index (κ1) is 25.0. The highest BCUT2D eigenvalue weighted by Crippen LogP contribution is 2.38. The van der Waals surface area contributed by atoms with Crippen molar-refractivity contribution in [1.29, 1.82) is 0 Å². The summed E-state index contributed by atoms with van der Waals surface area (Å²) < 4.78 is 5.11. The maximum absolute atomic E-state index is 12.1. The number of thioether (sulfide) groups is 1. The number of para-hydroxylation sites is 1. The number of alkyl carbamates (subject to hydrolysis) is 1. The number of allylic oxidation sites excluding steroid dienone is 1. The van der Waals surface area contributed by atoms with Gasteiger partial charge in [0, 0.05) is 28.1 Å². The second kappa shape index (κ2) is 11.4. The number of benzene rings is 2. The topological polar surface area (TPSA) is 87.7 Å². The van der Waals surface area contributed by atoms with Gasteiger partial charge in [-0.1, -0.05) is 36.0 Å². The Morgan fingerprint density at radius 3 is 2.34 bits per heavy atom. The first-order chi connectivity index (χ1) is 15.1. The molecule has 2 aromatic carbocycles. The molecule has 0 heterocycles. The van der Waals surface area contributed by atoms with Gasteiger partial charge >= 0.3 is 6.09 Å². The van der Waals surface area contributed by atoms with Crippen LogP contribution in [-0.2, 0) is 14.3 Å². The van der Waals surface area contributed by atoms with Crippen LogP contribution in [0.4, 0.5) is 16.2 Å². The number of nitrogens with one attached hydrogen (secondary N) is 2. The second-order valence-electron chi connectivity index (χ2n) is 7.92. The van der Waals surface area contributed by atoms with Crippen LogP contribution in [0.3, 0.4) is 0 Å². The van der Waals surface area contributed by atoms with Gasteiger partial charge in [-0.25, -0.2) is 4.79 Å². The molecular formula is C24H29N3O4S. The molecule has 2 rings (SSSR count). The van der Waals surface area contributed by atoms with Crippen molar-refractivity contribution in [2.24, 2.45) is 0 Å². The molecule has 0 atom stereocenters. The van der Waals surface area contributed by atoms with Gasteiger partial charge in [0.1, 0.15) is 12.1 Å². The Kier molecular flexibility index (Phi) is 8.90. The number of amides is 3. The quantitative estimate of drug-likeness (QED) is 0.437. The van der Waals surface area contributed by atoms with Crippen LogP contribution in [0.1, 0.15) is 33.3 Å². The SMILES string of the molecule is C/C=C(/Sc1ccc(NC(=O)CNC(=O)OC(C)(C)C)cc1)c1ccccc1N(C)C=O. The van der Waals surface area contributed by atoms with Crippen molar-refractivity contribution >= 4 is 46.5 Å². The van der Waals surface area contributed by atoms with Gasteiger partial charge < -0.3 is 20.3 Å². The fraction of sp³-hybridized carbons (Fsp3) is 0.292. The van der Waals surface area contributed by atoms with Gasteiger partial charge in [-0.2, -0.15) is 0 Å². The Morgan fingerprint density at radius 2 is 1.75 bits per heavy atom. The normalized spacial score (nSPS) is 11.5. The number of carbonyl (C=O) groups is 3. The monoisotopic (exact) mass is 455 g/mol. The molecule has 0 bridgehead atoms. The minimum Gasteiger partial charge on any atom is -0.444 e. The van der Waals surface area contributed by atoms with Crippen molar-refractivity contribution in [3.8, 4) is 0 Å². The van der Waals surface area contributed by atoms with E-state index in [4.69, 9.17) is 4.74 Å². The largest absolute Gasteiger partial charge is 0.444 e. The smallest absolute Gasteiger partial charge is 0.408 e. The predicted octanol–water partition coefficient (Wildman–Crippen LogP) is 4.90. The van der Waals surface area contributed by atoms with Crippen molar-refractivity contribution in [1.82, 2.24) is 5.32 Å². The molecule has 0 saturated heterocycles. The number of nitrogens with zero attached hydrogens (tertiary/aromatic N) is 1. The van der Waals surface area contributed by atoms with Crippen LogP contribution < -0.4 is 15.5 Å². The van der Waals surface area contributed by atoms with E-state index in [9.17, 15) is 14.4 Å². The number of anilines is 2. The highest BCUT2D eigenvalue weighted by molar-refractivity contribution is 8.08. The molecule has 0 spiro atoms. The van der Waals surface area contributed by atoms with E-state index < -0.39 is 11.7 Å². The first-order valence-electron chi connectivity index (χ1n) is 10.1. The average molecular weight is 456 g/mol. The minimum atomic E-state index is -0.640. The van der Waals surface area contributed by atoms with E-state index in [1.54, 1.807) is 56.6 Å². The van der Waals surface area contributed by atoms with Gasteiger partial charge in [0.15, 0.2) is 0 Å². The molecule has 2 N–H and O–H groups in total. The Labute approximate surface area is 193 Å². The summed E-state index contributed by atoms with van der Waals surface area (Å²) in [4.78, 5) is 38.5. The lowest BCUT2D eigenvalue weighted by Crippen LogP contribution is -2.37. The van der Waals surface area contributed by atoms with E-state index in [0.29, 0.717) is 5.69 Å². The molecule has 3 amide bonds. The molecule has 170 valence electrons. The zero-order valence-electron chi connectivity index (χ0n) is 19.0. The van der Waals surface area contributed by atoms with Crippen LogP contribution in [0.2, 0.25) is 0 Å². The molecule has 8 heteroatoms. The van der Waals surface area contributed by atoms with Gasteiger partial charge in [0.05, 0.1) is 5.69 Å². The van der Waals surface area contributed by atoms with Crippen molar-refractivity contribution in [3.05, 3.63) is 60.2 Å². The number of carbonyl (C=O) groups excluding carboxylic acids is 3. The van der Waals surface area contributed by atoms with E-state index in [1.807, 2.05) is 49.4 Å².